The van der Waals surface area contributed by atoms with Gasteiger partial charge in [0.2, 0.25) is 0 Å². The Kier molecular flexibility index (Phi) is 3.43. The Hall–Kier alpha value is -1.75. The molecular formula is C13H13FN2OS. The average molecular weight is 264 g/mol. The average Bonchev–Trinajstić information content (AvgIpc) is 2.63. The van der Waals surface area contributed by atoms with Crippen molar-refractivity contribution in [3.63, 3.8) is 0 Å². The van der Waals surface area contributed by atoms with Crippen LogP contribution in [-0.2, 0) is 0 Å². The van der Waals surface area contributed by atoms with Gasteiger partial charge in [-0.15, -0.1) is 11.3 Å². The Bertz CT molecular complexity index is 607. The van der Waals surface area contributed by atoms with Crippen molar-refractivity contribution in [1.82, 2.24) is 4.98 Å². The number of hydrogen-bond donors (Lipinski definition) is 1. The van der Waals surface area contributed by atoms with Gasteiger partial charge in [0.1, 0.15) is 10.7 Å². The number of rotatable bonds is 2. The van der Waals surface area contributed by atoms with Crippen LogP contribution >= 0.6 is 11.3 Å². The van der Waals surface area contributed by atoms with Gasteiger partial charge in [0.05, 0.1) is 10.7 Å². The molecule has 0 atom stereocenters. The summed E-state index contributed by atoms with van der Waals surface area (Å²) in [4.78, 5) is 16.7. The molecule has 0 unspecified atom stereocenters. The Morgan fingerprint density at radius 3 is 2.61 bits per heavy atom. The smallest absolute Gasteiger partial charge is 0.267 e. The fraction of sp³-hybridized carbons (Fsp3) is 0.231. The third-order valence-corrected chi connectivity index (χ3v) is 3.61. The number of nitrogens with one attached hydrogen (secondary N) is 1. The quantitative estimate of drug-likeness (QED) is 0.902. The number of carbonyl (C=O) groups excluding carboxylic acids is 1. The Labute approximate surface area is 109 Å². The normalized spacial score (nSPS) is 10.4. The molecule has 0 aliphatic heterocycles. The van der Waals surface area contributed by atoms with E-state index in [1.807, 2.05) is 6.92 Å². The highest BCUT2D eigenvalue weighted by molar-refractivity contribution is 7.13. The summed E-state index contributed by atoms with van der Waals surface area (Å²) in [6.45, 7) is 5.31. The molecule has 0 radical (unpaired) electrons. The number of benzene rings is 1. The summed E-state index contributed by atoms with van der Waals surface area (Å²) in [7, 11) is 0. The Balaban J connectivity index is 2.21. The number of amides is 1. The molecule has 94 valence electrons. The molecule has 0 spiro atoms. The molecule has 0 aliphatic carbocycles. The number of carbonyl (C=O) groups is 1. The number of nitrogens with zero attached hydrogens (tertiary/aromatic N) is 1. The highest BCUT2D eigenvalue weighted by Crippen LogP contribution is 2.20. The molecule has 1 heterocycles. The van der Waals surface area contributed by atoms with E-state index in [0.717, 1.165) is 5.01 Å². The summed E-state index contributed by atoms with van der Waals surface area (Å²) in [6, 6.07) is 4.63. The summed E-state index contributed by atoms with van der Waals surface area (Å²) in [6.07, 6.45) is 0. The minimum Gasteiger partial charge on any atom is -0.321 e. The molecule has 5 heteroatoms. The van der Waals surface area contributed by atoms with Gasteiger partial charge < -0.3 is 5.32 Å². The third-order valence-electron chi connectivity index (χ3n) is 2.54. The van der Waals surface area contributed by atoms with Gasteiger partial charge in [0.25, 0.3) is 5.91 Å². The minimum atomic E-state index is -0.329. The van der Waals surface area contributed by atoms with Crippen molar-refractivity contribution in [2.75, 3.05) is 5.32 Å². The van der Waals surface area contributed by atoms with Crippen molar-refractivity contribution in [3.05, 3.63) is 45.2 Å². The molecule has 0 bridgehead atoms. The van der Waals surface area contributed by atoms with Gasteiger partial charge in [0, 0.05) is 5.69 Å². The van der Waals surface area contributed by atoms with Crippen molar-refractivity contribution in [3.8, 4) is 0 Å². The van der Waals surface area contributed by atoms with Crippen LogP contribution in [0.25, 0.3) is 0 Å². The Morgan fingerprint density at radius 2 is 2.06 bits per heavy atom. The third kappa shape index (κ3) is 2.56. The van der Waals surface area contributed by atoms with Gasteiger partial charge in [-0.05, 0) is 38.5 Å². The molecule has 1 aromatic carbocycles. The van der Waals surface area contributed by atoms with E-state index in [-0.39, 0.29) is 11.7 Å². The van der Waals surface area contributed by atoms with Crippen LogP contribution in [0.4, 0.5) is 10.1 Å². The second-order valence-electron chi connectivity index (χ2n) is 4.07. The highest BCUT2D eigenvalue weighted by atomic mass is 32.1. The fourth-order valence-electron chi connectivity index (χ4n) is 1.60. The van der Waals surface area contributed by atoms with Crippen LogP contribution in [0.2, 0.25) is 0 Å². The van der Waals surface area contributed by atoms with E-state index in [4.69, 9.17) is 0 Å². The van der Waals surface area contributed by atoms with E-state index in [0.29, 0.717) is 21.8 Å². The predicted octanol–water partition coefficient (Wildman–Crippen LogP) is 3.46. The predicted molar refractivity (Wildman–Crippen MR) is 70.7 cm³/mol. The summed E-state index contributed by atoms with van der Waals surface area (Å²) in [5.74, 6) is -0.577. The van der Waals surface area contributed by atoms with Crippen LogP contribution in [0.1, 0.15) is 25.9 Å². The van der Waals surface area contributed by atoms with Crippen molar-refractivity contribution in [2.24, 2.45) is 0 Å². The summed E-state index contributed by atoms with van der Waals surface area (Å²) >= 11 is 1.33. The van der Waals surface area contributed by atoms with E-state index in [9.17, 15) is 9.18 Å². The lowest BCUT2D eigenvalue weighted by atomic mass is 10.2. The highest BCUT2D eigenvalue weighted by Gasteiger charge is 2.14. The van der Waals surface area contributed by atoms with Crippen LogP contribution in [0, 0.1) is 26.6 Å². The Morgan fingerprint density at radius 1 is 1.33 bits per heavy atom. The molecule has 0 saturated carbocycles. The zero-order chi connectivity index (χ0) is 13.3. The second-order valence-corrected chi connectivity index (χ2v) is 5.27. The van der Waals surface area contributed by atoms with Gasteiger partial charge in [-0.2, -0.15) is 0 Å². The van der Waals surface area contributed by atoms with Crippen LogP contribution in [0.3, 0.4) is 0 Å². The van der Waals surface area contributed by atoms with Crippen LogP contribution in [0.5, 0.6) is 0 Å². The van der Waals surface area contributed by atoms with Gasteiger partial charge >= 0.3 is 0 Å². The molecule has 1 amide bonds. The standard InChI is InChI=1S/C13H13FN2OS/c1-7-4-5-10(6-11(7)14)16-13(17)12-8(2)15-9(3)18-12/h4-6H,1-3H3,(H,16,17). The number of aryl methyl sites for hydroxylation is 3. The second kappa shape index (κ2) is 4.86. The topological polar surface area (TPSA) is 42.0 Å². The maximum atomic E-state index is 13.4. The van der Waals surface area contributed by atoms with Gasteiger partial charge in [-0.1, -0.05) is 6.07 Å². The molecule has 0 aliphatic rings. The summed E-state index contributed by atoms with van der Waals surface area (Å²) in [5, 5.41) is 3.51. The molecule has 0 saturated heterocycles. The number of aromatic nitrogens is 1. The zero-order valence-corrected chi connectivity index (χ0v) is 11.2. The monoisotopic (exact) mass is 264 g/mol. The number of hydrogen-bond acceptors (Lipinski definition) is 3. The largest absolute Gasteiger partial charge is 0.321 e. The van der Waals surface area contributed by atoms with Gasteiger partial charge in [-0.25, -0.2) is 9.37 Å². The number of anilines is 1. The molecular weight excluding hydrogens is 251 g/mol. The first-order valence-corrected chi connectivity index (χ1v) is 6.30. The van der Waals surface area contributed by atoms with Crippen molar-refractivity contribution in [1.29, 1.82) is 0 Å². The lowest BCUT2D eigenvalue weighted by Gasteiger charge is -2.05. The molecule has 1 aromatic heterocycles. The van der Waals surface area contributed by atoms with Crippen molar-refractivity contribution < 1.29 is 9.18 Å². The maximum absolute atomic E-state index is 13.4. The van der Waals surface area contributed by atoms with E-state index >= 15 is 0 Å². The van der Waals surface area contributed by atoms with Gasteiger partial charge in [0.15, 0.2) is 0 Å². The first-order chi connectivity index (χ1) is 8.47. The number of thiazole rings is 1. The molecule has 1 N–H and O–H groups in total. The van der Waals surface area contributed by atoms with Crippen molar-refractivity contribution in [2.45, 2.75) is 20.8 Å². The molecule has 2 aromatic rings. The van der Waals surface area contributed by atoms with Crippen molar-refractivity contribution >= 4 is 22.9 Å². The number of halogens is 1. The molecule has 0 fully saturated rings. The van der Waals surface area contributed by atoms with E-state index in [1.54, 1.807) is 26.0 Å². The minimum absolute atomic E-state index is 0.249. The fourth-order valence-corrected chi connectivity index (χ4v) is 2.42. The lowest BCUT2D eigenvalue weighted by Crippen LogP contribution is -2.11. The lowest BCUT2D eigenvalue weighted by molar-refractivity contribution is 0.103. The first-order valence-electron chi connectivity index (χ1n) is 5.49. The SMILES string of the molecule is Cc1nc(C)c(C(=O)Nc2ccc(C)c(F)c2)s1. The maximum Gasteiger partial charge on any atom is 0.267 e. The summed E-state index contributed by atoms with van der Waals surface area (Å²) in [5.41, 5.74) is 1.70. The van der Waals surface area contributed by atoms with Crippen LogP contribution in [-0.4, -0.2) is 10.9 Å². The summed E-state index contributed by atoms with van der Waals surface area (Å²) < 4.78 is 13.4. The zero-order valence-electron chi connectivity index (χ0n) is 10.4. The van der Waals surface area contributed by atoms with E-state index in [2.05, 4.69) is 10.3 Å². The van der Waals surface area contributed by atoms with Crippen LogP contribution in [0.15, 0.2) is 18.2 Å². The first kappa shape index (κ1) is 12.7. The van der Waals surface area contributed by atoms with E-state index in [1.165, 1.54) is 17.4 Å². The molecule has 3 nitrogen and oxygen atoms in total. The molecule has 18 heavy (non-hydrogen) atoms. The van der Waals surface area contributed by atoms with Gasteiger partial charge in [-0.3, -0.25) is 4.79 Å². The van der Waals surface area contributed by atoms with E-state index < -0.39 is 0 Å². The van der Waals surface area contributed by atoms with Crippen LogP contribution < -0.4 is 5.32 Å². The molecule has 2 rings (SSSR count).